The third-order valence-corrected chi connectivity index (χ3v) is 2.19. The first-order chi connectivity index (χ1) is 6.75. The summed E-state index contributed by atoms with van der Waals surface area (Å²) in [6, 6.07) is 4.33. The maximum atomic E-state index is 12.7. The van der Waals surface area contributed by atoms with Crippen molar-refractivity contribution in [3.05, 3.63) is 29.6 Å². The smallest absolute Gasteiger partial charge is 0.125 e. The molecule has 1 aliphatic rings. The Bertz CT molecular complexity index is 326. The average Bonchev–Trinajstić information content (AvgIpc) is 2.05. The van der Waals surface area contributed by atoms with Crippen molar-refractivity contribution in [3.8, 4) is 0 Å². The number of rotatable bonds is 3. The lowest BCUT2D eigenvalue weighted by Crippen LogP contribution is -2.35. The average molecular weight is 197 g/mol. The molecule has 0 bridgehead atoms. The van der Waals surface area contributed by atoms with Gasteiger partial charge in [-0.2, -0.15) is 0 Å². The van der Waals surface area contributed by atoms with Gasteiger partial charge < -0.3 is 15.2 Å². The highest BCUT2D eigenvalue weighted by molar-refractivity contribution is 5.46. The summed E-state index contributed by atoms with van der Waals surface area (Å²) in [6.07, 6.45) is 0.166. The summed E-state index contributed by atoms with van der Waals surface area (Å²) in [5.41, 5.74) is 6.87. The molecule has 1 fully saturated rings. The Kier molecular flexibility index (Phi) is 2.65. The zero-order chi connectivity index (χ0) is 9.97. The highest BCUT2D eigenvalue weighted by Gasteiger charge is 2.18. The molecular weight excluding hydrogens is 185 g/mol. The SMILES string of the molecule is Nc1cc(F)ccc1COC1COC1. The highest BCUT2D eigenvalue weighted by atomic mass is 19.1. The summed E-state index contributed by atoms with van der Waals surface area (Å²) in [7, 11) is 0. The standard InChI is InChI=1S/C10H12FNO2/c11-8-2-1-7(10(12)3-8)4-14-9-5-13-6-9/h1-3,9H,4-6,12H2. The van der Waals surface area contributed by atoms with Crippen LogP contribution in [0.1, 0.15) is 5.56 Å². The van der Waals surface area contributed by atoms with Gasteiger partial charge in [0, 0.05) is 11.3 Å². The molecule has 76 valence electrons. The van der Waals surface area contributed by atoms with E-state index in [1.165, 1.54) is 12.1 Å². The molecule has 1 aromatic carbocycles. The van der Waals surface area contributed by atoms with Gasteiger partial charge >= 0.3 is 0 Å². The van der Waals surface area contributed by atoms with Crippen molar-refractivity contribution < 1.29 is 13.9 Å². The van der Waals surface area contributed by atoms with E-state index in [1.807, 2.05) is 0 Å². The minimum absolute atomic E-state index is 0.166. The van der Waals surface area contributed by atoms with E-state index in [1.54, 1.807) is 6.07 Å². The molecule has 0 saturated carbocycles. The van der Waals surface area contributed by atoms with Crippen LogP contribution in [0.5, 0.6) is 0 Å². The van der Waals surface area contributed by atoms with Crippen LogP contribution in [0.15, 0.2) is 18.2 Å². The molecule has 1 aromatic rings. The zero-order valence-electron chi connectivity index (χ0n) is 7.70. The molecule has 0 radical (unpaired) electrons. The maximum absolute atomic E-state index is 12.7. The number of hydrogen-bond acceptors (Lipinski definition) is 3. The number of anilines is 1. The quantitative estimate of drug-likeness (QED) is 0.743. The number of hydrogen-bond donors (Lipinski definition) is 1. The Morgan fingerprint density at radius 1 is 1.50 bits per heavy atom. The fourth-order valence-corrected chi connectivity index (χ4v) is 1.22. The third kappa shape index (κ3) is 2.02. The molecule has 1 heterocycles. The van der Waals surface area contributed by atoms with E-state index < -0.39 is 0 Å². The molecule has 0 spiro atoms. The van der Waals surface area contributed by atoms with E-state index in [-0.39, 0.29) is 11.9 Å². The van der Waals surface area contributed by atoms with Crippen LogP contribution in [0.4, 0.5) is 10.1 Å². The van der Waals surface area contributed by atoms with Crippen LogP contribution in [0.2, 0.25) is 0 Å². The number of nitrogen functional groups attached to an aromatic ring is 1. The number of benzene rings is 1. The Morgan fingerprint density at radius 2 is 2.29 bits per heavy atom. The molecule has 3 nitrogen and oxygen atoms in total. The van der Waals surface area contributed by atoms with Crippen LogP contribution < -0.4 is 5.73 Å². The minimum Gasteiger partial charge on any atom is -0.398 e. The van der Waals surface area contributed by atoms with Crippen molar-refractivity contribution in [1.29, 1.82) is 0 Å². The lowest BCUT2D eigenvalue weighted by molar-refractivity contribution is -0.135. The lowest BCUT2D eigenvalue weighted by atomic mass is 10.2. The van der Waals surface area contributed by atoms with Gasteiger partial charge in [0.05, 0.1) is 19.8 Å². The van der Waals surface area contributed by atoms with Gasteiger partial charge in [0.25, 0.3) is 0 Å². The predicted molar refractivity (Wildman–Crippen MR) is 50.2 cm³/mol. The molecule has 0 aliphatic carbocycles. The number of ether oxygens (including phenoxy) is 2. The van der Waals surface area contributed by atoms with Gasteiger partial charge in [-0.05, 0) is 12.1 Å². The van der Waals surface area contributed by atoms with Gasteiger partial charge in [0.2, 0.25) is 0 Å². The molecule has 1 saturated heterocycles. The second kappa shape index (κ2) is 3.94. The summed E-state index contributed by atoms with van der Waals surface area (Å²) in [4.78, 5) is 0. The fraction of sp³-hybridized carbons (Fsp3) is 0.400. The molecule has 0 amide bonds. The summed E-state index contributed by atoms with van der Waals surface area (Å²) in [5.74, 6) is -0.321. The van der Waals surface area contributed by atoms with Crippen LogP contribution in [0.3, 0.4) is 0 Å². The topological polar surface area (TPSA) is 44.5 Å². The normalized spacial score (nSPS) is 16.6. The maximum Gasteiger partial charge on any atom is 0.125 e. The van der Waals surface area contributed by atoms with Crippen LogP contribution in [-0.2, 0) is 16.1 Å². The highest BCUT2D eigenvalue weighted by Crippen LogP contribution is 2.16. The van der Waals surface area contributed by atoms with Gasteiger partial charge in [-0.1, -0.05) is 6.07 Å². The summed E-state index contributed by atoms with van der Waals surface area (Å²) in [5, 5.41) is 0. The van der Waals surface area contributed by atoms with Crippen molar-refractivity contribution >= 4 is 5.69 Å². The first-order valence-corrected chi connectivity index (χ1v) is 4.49. The van der Waals surface area contributed by atoms with E-state index in [9.17, 15) is 4.39 Å². The van der Waals surface area contributed by atoms with Crippen LogP contribution in [0.25, 0.3) is 0 Å². The Morgan fingerprint density at radius 3 is 2.86 bits per heavy atom. The second-order valence-electron chi connectivity index (χ2n) is 3.31. The second-order valence-corrected chi connectivity index (χ2v) is 3.31. The number of nitrogens with two attached hydrogens (primary N) is 1. The van der Waals surface area contributed by atoms with Crippen LogP contribution >= 0.6 is 0 Å². The van der Waals surface area contributed by atoms with Gasteiger partial charge in [0.15, 0.2) is 0 Å². The molecule has 0 aromatic heterocycles. The Labute approximate surface area is 81.6 Å². The molecule has 4 heteroatoms. The van der Waals surface area contributed by atoms with Gasteiger partial charge in [-0.25, -0.2) is 4.39 Å². The Balaban J connectivity index is 1.94. The third-order valence-electron chi connectivity index (χ3n) is 2.19. The van der Waals surface area contributed by atoms with Gasteiger partial charge in [-0.3, -0.25) is 0 Å². The first kappa shape index (κ1) is 9.43. The van der Waals surface area contributed by atoms with Crippen molar-refractivity contribution in [2.24, 2.45) is 0 Å². The van der Waals surface area contributed by atoms with E-state index in [2.05, 4.69) is 0 Å². The zero-order valence-corrected chi connectivity index (χ0v) is 7.70. The summed E-state index contributed by atoms with van der Waals surface area (Å²) in [6.45, 7) is 1.70. The van der Waals surface area contributed by atoms with E-state index in [4.69, 9.17) is 15.2 Å². The summed E-state index contributed by atoms with van der Waals surface area (Å²) < 4.78 is 23.1. The molecule has 14 heavy (non-hydrogen) atoms. The minimum atomic E-state index is -0.321. The van der Waals surface area contributed by atoms with Gasteiger partial charge in [0.1, 0.15) is 11.9 Å². The molecule has 0 unspecified atom stereocenters. The van der Waals surface area contributed by atoms with Gasteiger partial charge in [-0.15, -0.1) is 0 Å². The molecule has 0 atom stereocenters. The van der Waals surface area contributed by atoms with Crippen molar-refractivity contribution in [1.82, 2.24) is 0 Å². The van der Waals surface area contributed by atoms with Crippen molar-refractivity contribution in [2.45, 2.75) is 12.7 Å². The first-order valence-electron chi connectivity index (χ1n) is 4.49. The van der Waals surface area contributed by atoms with E-state index in [0.717, 1.165) is 5.56 Å². The molecule has 2 rings (SSSR count). The summed E-state index contributed by atoms with van der Waals surface area (Å²) >= 11 is 0. The molecule has 2 N–H and O–H groups in total. The predicted octanol–water partition coefficient (Wildman–Crippen LogP) is 1.32. The van der Waals surface area contributed by atoms with Crippen LogP contribution in [0, 0.1) is 5.82 Å². The molecular formula is C10H12FNO2. The van der Waals surface area contributed by atoms with E-state index in [0.29, 0.717) is 25.5 Å². The molecule has 1 aliphatic heterocycles. The fourth-order valence-electron chi connectivity index (χ4n) is 1.22. The monoisotopic (exact) mass is 197 g/mol. The van der Waals surface area contributed by atoms with Crippen molar-refractivity contribution in [3.63, 3.8) is 0 Å². The number of halogens is 1. The Hall–Kier alpha value is -1.13. The van der Waals surface area contributed by atoms with E-state index >= 15 is 0 Å². The lowest BCUT2D eigenvalue weighted by Gasteiger charge is -2.26. The van der Waals surface area contributed by atoms with Crippen LogP contribution in [-0.4, -0.2) is 19.3 Å². The van der Waals surface area contributed by atoms with Crippen molar-refractivity contribution in [2.75, 3.05) is 18.9 Å². The largest absolute Gasteiger partial charge is 0.398 e.